The average molecular weight is 529 g/mol. The highest BCUT2D eigenvalue weighted by molar-refractivity contribution is 6.02. The Labute approximate surface area is 227 Å². The van der Waals surface area contributed by atoms with E-state index in [1.165, 1.54) is 9.58 Å². The molecule has 1 atom stereocenters. The van der Waals surface area contributed by atoms with Crippen LogP contribution in [-0.2, 0) is 20.9 Å². The first-order valence-corrected chi connectivity index (χ1v) is 12.9. The van der Waals surface area contributed by atoms with Crippen molar-refractivity contribution in [1.29, 1.82) is 0 Å². The predicted octanol–water partition coefficient (Wildman–Crippen LogP) is 3.94. The Morgan fingerprint density at radius 3 is 2.49 bits per heavy atom. The van der Waals surface area contributed by atoms with E-state index in [1.807, 2.05) is 24.3 Å². The zero-order chi connectivity index (χ0) is 27.8. The molecule has 1 unspecified atom stereocenters. The lowest BCUT2D eigenvalue weighted by Gasteiger charge is -2.31. The van der Waals surface area contributed by atoms with Crippen molar-refractivity contribution in [3.05, 3.63) is 84.2 Å². The zero-order valence-electron chi connectivity index (χ0n) is 22.3. The third-order valence-electron chi connectivity index (χ3n) is 6.16. The van der Waals surface area contributed by atoms with Crippen molar-refractivity contribution in [1.82, 2.24) is 25.3 Å². The Hall–Kier alpha value is -4.60. The minimum atomic E-state index is -1.01. The number of hydrogen-bond donors (Lipinski definition) is 1. The Kier molecular flexibility index (Phi) is 8.98. The first kappa shape index (κ1) is 27.4. The molecule has 2 aromatic heterocycles. The van der Waals surface area contributed by atoms with E-state index in [4.69, 9.17) is 4.74 Å². The molecule has 10 nitrogen and oxygen atoms in total. The van der Waals surface area contributed by atoms with Crippen LogP contribution in [0.15, 0.2) is 73.1 Å². The summed E-state index contributed by atoms with van der Waals surface area (Å²) < 4.78 is 6.60. The zero-order valence-corrected chi connectivity index (χ0v) is 22.3. The molecule has 0 radical (unpaired) electrons. The van der Waals surface area contributed by atoms with E-state index in [0.29, 0.717) is 40.3 Å². The van der Waals surface area contributed by atoms with Crippen LogP contribution in [0, 0.1) is 5.92 Å². The number of carbonyl (C=O) groups excluding carboxylic acids is 3. The van der Waals surface area contributed by atoms with Crippen LogP contribution >= 0.6 is 0 Å². The molecule has 39 heavy (non-hydrogen) atoms. The average Bonchev–Trinajstić information content (AvgIpc) is 3.34. The fourth-order valence-electron chi connectivity index (χ4n) is 4.18. The normalized spacial score (nSPS) is 11.8. The number of aromatic nitrogens is 4. The fraction of sp³-hybridized carbons (Fsp3) is 0.310. The highest BCUT2D eigenvalue weighted by Gasteiger charge is 2.33. The van der Waals surface area contributed by atoms with Crippen LogP contribution in [-0.4, -0.2) is 50.9 Å². The van der Waals surface area contributed by atoms with Gasteiger partial charge in [0.25, 0.3) is 0 Å². The molecule has 0 bridgehead atoms. The lowest BCUT2D eigenvalue weighted by Crippen LogP contribution is -2.45. The maximum atomic E-state index is 14.0. The summed E-state index contributed by atoms with van der Waals surface area (Å²) in [6.07, 6.45) is 3.97. The van der Waals surface area contributed by atoms with E-state index in [0.717, 1.165) is 6.42 Å². The third kappa shape index (κ3) is 6.64. The molecule has 4 aromatic rings. The van der Waals surface area contributed by atoms with E-state index in [-0.39, 0.29) is 25.0 Å². The van der Waals surface area contributed by atoms with Crippen molar-refractivity contribution < 1.29 is 19.1 Å². The molecule has 2 heterocycles. The van der Waals surface area contributed by atoms with Crippen molar-refractivity contribution in [2.24, 2.45) is 5.92 Å². The lowest BCUT2D eigenvalue weighted by atomic mass is 10.0. The number of rotatable bonds is 11. The number of nitrogens with zero attached hydrogens (tertiary/aromatic N) is 5. The van der Waals surface area contributed by atoms with Gasteiger partial charge in [-0.3, -0.25) is 19.5 Å². The standard InChI is InChI=1S/C29H32N6O4/c1-4-39-29(38)21-11-13-23(14-12-21)35(26(36)19-34-25-10-6-5-9-24(25)32-33-34)27(22-8-7-16-30-18-22)28(37)31-17-15-20(2)3/h5-14,16,18,20,27H,4,15,17,19H2,1-3H3,(H,31,37). The summed E-state index contributed by atoms with van der Waals surface area (Å²) in [5, 5.41) is 11.3. The number of esters is 1. The van der Waals surface area contributed by atoms with Crippen molar-refractivity contribution in [3.8, 4) is 0 Å². The minimum Gasteiger partial charge on any atom is -0.462 e. The monoisotopic (exact) mass is 528 g/mol. The van der Waals surface area contributed by atoms with Crippen LogP contribution in [0.1, 0.15) is 49.2 Å². The number of benzene rings is 2. The molecular formula is C29H32N6O4. The van der Waals surface area contributed by atoms with Gasteiger partial charge in [0.2, 0.25) is 11.8 Å². The molecule has 0 aliphatic rings. The van der Waals surface area contributed by atoms with Crippen molar-refractivity contribution >= 4 is 34.5 Å². The van der Waals surface area contributed by atoms with Gasteiger partial charge in [-0.1, -0.05) is 37.3 Å². The molecule has 0 aliphatic heterocycles. The second kappa shape index (κ2) is 12.8. The van der Waals surface area contributed by atoms with Gasteiger partial charge >= 0.3 is 5.97 Å². The molecule has 0 saturated carbocycles. The van der Waals surface area contributed by atoms with Gasteiger partial charge in [-0.15, -0.1) is 5.10 Å². The number of amides is 2. The molecule has 10 heteroatoms. The highest BCUT2D eigenvalue weighted by Crippen LogP contribution is 2.29. The van der Waals surface area contributed by atoms with Crippen molar-refractivity contribution in [2.45, 2.75) is 39.8 Å². The van der Waals surface area contributed by atoms with Gasteiger partial charge in [0.15, 0.2) is 0 Å². The quantitative estimate of drug-likeness (QED) is 0.293. The fourth-order valence-corrected chi connectivity index (χ4v) is 4.18. The van der Waals surface area contributed by atoms with Crippen LogP contribution in [0.4, 0.5) is 5.69 Å². The highest BCUT2D eigenvalue weighted by atomic mass is 16.5. The number of ether oxygens (including phenoxy) is 1. The number of anilines is 1. The van der Waals surface area contributed by atoms with Gasteiger partial charge in [0.05, 0.1) is 17.7 Å². The first-order valence-electron chi connectivity index (χ1n) is 12.9. The molecule has 202 valence electrons. The van der Waals surface area contributed by atoms with E-state index in [9.17, 15) is 14.4 Å². The van der Waals surface area contributed by atoms with Crippen LogP contribution in [0.3, 0.4) is 0 Å². The second-order valence-corrected chi connectivity index (χ2v) is 9.43. The van der Waals surface area contributed by atoms with E-state index in [2.05, 4.69) is 34.5 Å². The van der Waals surface area contributed by atoms with E-state index < -0.39 is 12.0 Å². The molecule has 2 aromatic carbocycles. The molecule has 0 saturated heterocycles. The summed E-state index contributed by atoms with van der Waals surface area (Å²) in [6, 6.07) is 16.2. The SMILES string of the molecule is CCOC(=O)c1ccc(N(C(=O)Cn2nnc3ccccc32)C(C(=O)NCCC(C)C)c2cccnc2)cc1. The Morgan fingerprint density at radius 2 is 1.79 bits per heavy atom. The predicted molar refractivity (Wildman–Crippen MR) is 147 cm³/mol. The van der Waals surface area contributed by atoms with Crippen molar-refractivity contribution in [2.75, 3.05) is 18.1 Å². The number of hydrogen-bond acceptors (Lipinski definition) is 7. The van der Waals surface area contributed by atoms with Crippen LogP contribution in [0.2, 0.25) is 0 Å². The largest absolute Gasteiger partial charge is 0.462 e. The van der Waals surface area contributed by atoms with Crippen LogP contribution < -0.4 is 10.2 Å². The first-order chi connectivity index (χ1) is 18.9. The van der Waals surface area contributed by atoms with Crippen molar-refractivity contribution in [3.63, 3.8) is 0 Å². The third-order valence-corrected chi connectivity index (χ3v) is 6.16. The Morgan fingerprint density at radius 1 is 1.03 bits per heavy atom. The molecule has 4 rings (SSSR count). The number of pyridine rings is 1. The smallest absolute Gasteiger partial charge is 0.338 e. The number of fused-ring (bicyclic) bond motifs is 1. The van der Waals surface area contributed by atoms with Gasteiger partial charge < -0.3 is 10.1 Å². The van der Waals surface area contributed by atoms with Gasteiger partial charge in [0.1, 0.15) is 18.1 Å². The van der Waals surface area contributed by atoms with Crippen LogP contribution in [0.25, 0.3) is 11.0 Å². The topological polar surface area (TPSA) is 119 Å². The Bertz CT molecular complexity index is 1420. The molecule has 0 spiro atoms. The summed E-state index contributed by atoms with van der Waals surface area (Å²) in [7, 11) is 0. The molecule has 0 fully saturated rings. The number of carbonyl (C=O) groups is 3. The Balaban J connectivity index is 1.75. The minimum absolute atomic E-state index is 0.157. The van der Waals surface area contributed by atoms with Crippen LogP contribution in [0.5, 0.6) is 0 Å². The number of para-hydroxylation sites is 1. The molecule has 0 aliphatic carbocycles. The maximum absolute atomic E-state index is 14.0. The molecule has 2 amide bonds. The summed E-state index contributed by atoms with van der Waals surface area (Å²) in [5.74, 6) is -0.792. The molecular weight excluding hydrogens is 496 g/mol. The molecule has 1 N–H and O–H groups in total. The maximum Gasteiger partial charge on any atom is 0.338 e. The van der Waals surface area contributed by atoms with E-state index in [1.54, 1.807) is 55.7 Å². The summed E-state index contributed by atoms with van der Waals surface area (Å²) in [5.41, 5.74) is 2.68. The second-order valence-electron chi connectivity index (χ2n) is 9.43. The lowest BCUT2D eigenvalue weighted by molar-refractivity contribution is -0.127. The van der Waals surface area contributed by atoms with Gasteiger partial charge in [-0.2, -0.15) is 0 Å². The number of nitrogens with one attached hydrogen (secondary N) is 1. The van der Waals surface area contributed by atoms with Gasteiger partial charge in [-0.25, -0.2) is 9.48 Å². The van der Waals surface area contributed by atoms with Gasteiger partial charge in [0, 0.05) is 30.2 Å². The summed E-state index contributed by atoms with van der Waals surface area (Å²) in [4.78, 5) is 45.6. The van der Waals surface area contributed by atoms with Gasteiger partial charge in [-0.05, 0) is 61.7 Å². The van der Waals surface area contributed by atoms with E-state index >= 15 is 0 Å². The summed E-state index contributed by atoms with van der Waals surface area (Å²) >= 11 is 0. The summed E-state index contributed by atoms with van der Waals surface area (Å²) in [6.45, 7) is 6.44.